The number of hydrogen-bond acceptors (Lipinski definition) is 5. The van der Waals surface area contributed by atoms with Crippen LogP contribution in [0.5, 0.6) is 5.88 Å². The SMILES string of the molecule is O=c1[nH]c(-c2ncn[nH]2)nc(O)c1-c1ccccc1Br. The molecule has 3 rings (SSSR count). The molecule has 1 aromatic carbocycles. The van der Waals surface area contributed by atoms with E-state index in [1.165, 1.54) is 6.33 Å². The summed E-state index contributed by atoms with van der Waals surface area (Å²) in [6.07, 6.45) is 1.29. The van der Waals surface area contributed by atoms with E-state index in [2.05, 4.69) is 41.1 Å². The second-order valence-electron chi connectivity index (χ2n) is 3.93. The smallest absolute Gasteiger partial charge is 0.263 e. The molecule has 2 aromatic heterocycles. The van der Waals surface area contributed by atoms with E-state index in [1.54, 1.807) is 18.2 Å². The Balaban J connectivity index is 2.20. The molecule has 0 radical (unpaired) electrons. The van der Waals surface area contributed by atoms with Crippen LogP contribution in [0.15, 0.2) is 39.9 Å². The second-order valence-corrected chi connectivity index (χ2v) is 4.78. The topological polar surface area (TPSA) is 108 Å². The van der Waals surface area contributed by atoms with Crippen molar-refractivity contribution in [2.75, 3.05) is 0 Å². The molecule has 20 heavy (non-hydrogen) atoms. The van der Waals surface area contributed by atoms with Gasteiger partial charge in [-0.05, 0) is 6.07 Å². The van der Waals surface area contributed by atoms with Crippen molar-refractivity contribution in [3.63, 3.8) is 0 Å². The number of aromatic nitrogens is 5. The summed E-state index contributed by atoms with van der Waals surface area (Å²) < 4.78 is 0.690. The van der Waals surface area contributed by atoms with Crippen LogP contribution in [0.3, 0.4) is 0 Å². The highest BCUT2D eigenvalue weighted by Gasteiger charge is 2.16. The van der Waals surface area contributed by atoms with Gasteiger partial charge in [0.15, 0.2) is 11.6 Å². The number of halogens is 1. The summed E-state index contributed by atoms with van der Waals surface area (Å²) in [5, 5.41) is 16.3. The summed E-state index contributed by atoms with van der Waals surface area (Å²) in [4.78, 5) is 22.5. The van der Waals surface area contributed by atoms with E-state index in [-0.39, 0.29) is 23.1 Å². The monoisotopic (exact) mass is 333 g/mol. The van der Waals surface area contributed by atoms with Gasteiger partial charge in [-0.1, -0.05) is 34.1 Å². The van der Waals surface area contributed by atoms with E-state index in [9.17, 15) is 9.90 Å². The van der Waals surface area contributed by atoms with E-state index in [0.29, 0.717) is 10.0 Å². The first-order chi connectivity index (χ1) is 9.66. The van der Waals surface area contributed by atoms with Crippen molar-refractivity contribution in [3.8, 4) is 28.7 Å². The molecular weight excluding hydrogens is 326 g/mol. The number of nitrogens with zero attached hydrogens (tertiary/aromatic N) is 3. The Morgan fingerprint density at radius 2 is 2.00 bits per heavy atom. The molecule has 0 spiro atoms. The molecular formula is C12H8BrN5O2. The molecule has 8 heteroatoms. The van der Waals surface area contributed by atoms with E-state index >= 15 is 0 Å². The Morgan fingerprint density at radius 3 is 2.65 bits per heavy atom. The third-order valence-corrected chi connectivity index (χ3v) is 3.37. The summed E-state index contributed by atoms with van der Waals surface area (Å²) in [7, 11) is 0. The first-order valence-corrected chi connectivity index (χ1v) is 6.40. The van der Waals surface area contributed by atoms with Crippen LogP contribution in [0.1, 0.15) is 0 Å². The number of aromatic amines is 2. The Morgan fingerprint density at radius 1 is 1.20 bits per heavy atom. The third kappa shape index (κ3) is 2.10. The molecule has 0 aliphatic carbocycles. The molecule has 2 heterocycles. The zero-order valence-corrected chi connectivity index (χ0v) is 11.5. The molecule has 0 saturated heterocycles. The third-order valence-electron chi connectivity index (χ3n) is 2.68. The van der Waals surface area contributed by atoms with Gasteiger partial charge in [0.05, 0.1) is 0 Å². The van der Waals surface area contributed by atoms with Crippen LogP contribution in [0, 0.1) is 0 Å². The highest BCUT2D eigenvalue weighted by atomic mass is 79.9. The summed E-state index contributed by atoms with van der Waals surface area (Å²) in [5.74, 6) is 0.0314. The van der Waals surface area contributed by atoms with Gasteiger partial charge in [-0.2, -0.15) is 10.1 Å². The van der Waals surface area contributed by atoms with Crippen LogP contribution in [0.2, 0.25) is 0 Å². The Labute approximate surface area is 120 Å². The molecule has 3 aromatic rings. The van der Waals surface area contributed by atoms with Gasteiger partial charge in [0.2, 0.25) is 5.88 Å². The number of hydrogen-bond donors (Lipinski definition) is 3. The fourth-order valence-electron chi connectivity index (χ4n) is 1.80. The molecule has 7 nitrogen and oxygen atoms in total. The van der Waals surface area contributed by atoms with Crippen LogP contribution in [0.4, 0.5) is 0 Å². The molecule has 0 aliphatic heterocycles. The molecule has 0 saturated carbocycles. The summed E-state index contributed by atoms with van der Waals surface area (Å²) in [6, 6.07) is 7.07. The van der Waals surface area contributed by atoms with Crippen molar-refractivity contribution in [2.24, 2.45) is 0 Å². The maximum absolute atomic E-state index is 12.2. The molecule has 0 aliphatic rings. The maximum Gasteiger partial charge on any atom is 0.263 e. The minimum absolute atomic E-state index is 0.0979. The molecule has 0 unspecified atom stereocenters. The first-order valence-electron chi connectivity index (χ1n) is 5.60. The highest BCUT2D eigenvalue weighted by molar-refractivity contribution is 9.10. The van der Waals surface area contributed by atoms with E-state index in [1.807, 2.05) is 6.07 Å². The lowest BCUT2D eigenvalue weighted by Gasteiger charge is -2.06. The number of benzene rings is 1. The van der Waals surface area contributed by atoms with Gasteiger partial charge in [0.25, 0.3) is 5.56 Å². The average molecular weight is 334 g/mol. The van der Waals surface area contributed by atoms with Crippen LogP contribution in [-0.2, 0) is 0 Å². The number of aromatic hydroxyl groups is 1. The predicted octanol–water partition coefficient (Wildman–Crippen LogP) is 1.69. The first kappa shape index (κ1) is 12.5. The lowest BCUT2D eigenvalue weighted by atomic mass is 10.1. The Hall–Kier alpha value is -2.48. The van der Waals surface area contributed by atoms with Crippen LogP contribution in [0.25, 0.3) is 22.8 Å². The average Bonchev–Trinajstić information content (AvgIpc) is 2.94. The lowest BCUT2D eigenvalue weighted by Crippen LogP contribution is -2.12. The maximum atomic E-state index is 12.2. The number of rotatable bonds is 2. The largest absolute Gasteiger partial charge is 0.493 e. The number of nitrogens with one attached hydrogen (secondary N) is 2. The highest BCUT2D eigenvalue weighted by Crippen LogP contribution is 2.30. The van der Waals surface area contributed by atoms with Crippen LogP contribution >= 0.6 is 15.9 Å². The summed E-state index contributed by atoms with van der Waals surface area (Å²) in [6.45, 7) is 0. The summed E-state index contributed by atoms with van der Waals surface area (Å²) in [5.41, 5.74) is 0.194. The van der Waals surface area contributed by atoms with Gasteiger partial charge < -0.3 is 10.1 Å². The molecule has 0 fully saturated rings. The van der Waals surface area contributed by atoms with Crippen molar-refractivity contribution < 1.29 is 5.11 Å². The van der Waals surface area contributed by atoms with Crippen LogP contribution in [-0.4, -0.2) is 30.3 Å². The van der Waals surface area contributed by atoms with Crippen molar-refractivity contribution in [1.82, 2.24) is 25.1 Å². The Bertz CT molecular complexity index is 813. The van der Waals surface area contributed by atoms with Crippen molar-refractivity contribution in [3.05, 3.63) is 45.4 Å². The van der Waals surface area contributed by atoms with E-state index in [4.69, 9.17) is 0 Å². The minimum Gasteiger partial charge on any atom is -0.493 e. The molecule has 100 valence electrons. The molecule has 0 bridgehead atoms. The number of H-pyrrole nitrogens is 2. The van der Waals surface area contributed by atoms with Gasteiger partial charge in [0, 0.05) is 10.0 Å². The fraction of sp³-hybridized carbons (Fsp3) is 0. The molecule has 0 amide bonds. The quantitative estimate of drug-likeness (QED) is 0.661. The lowest BCUT2D eigenvalue weighted by molar-refractivity contribution is 0.454. The Kier molecular flexibility index (Phi) is 3.07. The van der Waals surface area contributed by atoms with Crippen molar-refractivity contribution in [2.45, 2.75) is 0 Å². The standard InChI is InChI=1S/C12H8BrN5O2/c13-7-4-2-1-3-6(7)8-11(19)16-10(17-12(8)20)9-14-5-15-18-9/h1-5H,(H,14,15,18)(H2,16,17,19,20). The zero-order valence-electron chi connectivity index (χ0n) is 9.96. The van der Waals surface area contributed by atoms with E-state index < -0.39 is 5.56 Å². The molecule has 0 atom stereocenters. The van der Waals surface area contributed by atoms with Gasteiger partial charge in [-0.15, -0.1) is 0 Å². The predicted molar refractivity (Wildman–Crippen MR) is 75.0 cm³/mol. The van der Waals surface area contributed by atoms with Gasteiger partial charge in [-0.3, -0.25) is 9.89 Å². The van der Waals surface area contributed by atoms with Crippen LogP contribution < -0.4 is 5.56 Å². The normalized spacial score (nSPS) is 10.7. The van der Waals surface area contributed by atoms with E-state index in [0.717, 1.165) is 0 Å². The van der Waals surface area contributed by atoms with Crippen molar-refractivity contribution >= 4 is 15.9 Å². The molecule has 3 N–H and O–H groups in total. The summed E-state index contributed by atoms with van der Waals surface area (Å²) >= 11 is 3.34. The minimum atomic E-state index is -0.462. The van der Waals surface area contributed by atoms with Gasteiger partial charge in [-0.25, -0.2) is 4.98 Å². The van der Waals surface area contributed by atoms with Gasteiger partial charge in [0.1, 0.15) is 11.9 Å². The van der Waals surface area contributed by atoms with Crippen molar-refractivity contribution in [1.29, 1.82) is 0 Å². The fourth-order valence-corrected chi connectivity index (χ4v) is 2.28. The second kappa shape index (κ2) is 4.89. The van der Waals surface area contributed by atoms with Gasteiger partial charge >= 0.3 is 0 Å². The zero-order chi connectivity index (χ0) is 14.1.